The lowest BCUT2D eigenvalue weighted by Gasteiger charge is -2.06. The van der Waals surface area contributed by atoms with Crippen LogP contribution >= 0.6 is 15.9 Å². The molecule has 0 spiro atoms. The molecule has 0 aliphatic heterocycles. The maximum Gasteiger partial charge on any atom is 0.254 e. The topological polar surface area (TPSA) is 58.2 Å². The van der Waals surface area contributed by atoms with E-state index in [1.165, 1.54) is 12.1 Å². The Labute approximate surface area is 107 Å². The average Bonchev–Trinajstić information content (AvgIpc) is 2.26. The van der Waals surface area contributed by atoms with Crippen molar-refractivity contribution in [3.63, 3.8) is 0 Å². The van der Waals surface area contributed by atoms with E-state index in [0.717, 1.165) is 0 Å². The molecule has 0 aliphatic carbocycles. The normalized spacial score (nSPS) is 9.82. The van der Waals surface area contributed by atoms with E-state index in [-0.39, 0.29) is 18.0 Å². The van der Waals surface area contributed by atoms with E-state index in [9.17, 15) is 14.0 Å². The van der Waals surface area contributed by atoms with Crippen LogP contribution in [0.5, 0.6) is 0 Å². The highest BCUT2D eigenvalue weighted by Gasteiger charge is 2.12. The molecule has 0 saturated carbocycles. The van der Waals surface area contributed by atoms with Gasteiger partial charge in [0.05, 0.1) is 12.1 Å². The molecule has 0 fully saturated rings. The molecule has 0 saturated heterocycles. The highest BCUT2D eigenvalue weighted by atomic mass is 79.9. The molecule has 0 unspecified atom stereocenters. The predicted molar refractivity (Wildman–Crippen MR) is 65.1 cm³/mol. The first kappa shape index (κ1) is 13.6. The number of likely N-dealkylation sites (N-methyl/N-ethyl adjacent to an activating group) is 1. The minimum atomic E-state index is -0.632. The van der Waals surface area contributed by atoms with Crippen molar-refractivity contribution in [3.8, 4) is 0 Å². The van der Waals surface area contributed by atoms with Gasteiger partial charge in [0.2, 0.25) is 5.91 Å². The summed E-state index contributed by atoms with van der Waals surface area (Å²) in [5.74, 6) is -1.55. The zero-order valence-electron chi connectivity index (χ0n) is 9.22. The zero-order chi connectivity index (χ0) is 12.8. The van der Waals surface area contributed by atoms with Crippen LogP contribution in [0.15, 0.2) is 22.7 Å². The highest BCUT2D eigenvalue weighted by Crippen LogP contribution is 2.14. The maximum absolute atomic E-state index is 13.4. The van der Waals surface area contributed by atoms with Crippen LogP contribution in [0.2, 0.25) is 0 Å². The van der Waals surface area contributed by atoms with E-state index >= 15 is 0 Å². The van der Waals surface area contributed by atoms with E-state index in [0.29, 0.717) is 11.0 Å². The number of carbonyl (C=O) groups is 2. The predicted octanol–water partition coefficient (Wildman–Crippen LogP) is 1.45. The molecular weight excluding hydrogens is 291 g/mol. The van der Waals surface area contributed by atoms with Crippen molar-refractivity contribution < 1.29 is 14.0 Å². The first-order valence-corrected chi connectivity index (χ1v) is 5.84. The van der Waals surface area contributed by atoms with Crippen LogP contribution in [-0.4, -0.2) is 24.9 Å². The maximum atomic E-state index is 13.4. The third-order valence-electron chi connectivity index (χ3n) is 1.96. The minimum absolute atomic E-state index is 0.0856. The summed E-state index contributed by atoms with van der Waals surface area (Å²) >= 11 is 3.09. The number of rotatable bonds is 4. The van der Waals surface area contributed by atoms with Gasteiger partial charge in [-0.1, -0.05) is 15.9 Å². The fourth-order valence-electron chi connectivity index (χ4n) is 1.19. The molecule has 17 heavy (non-hydrogen) atoms. The van der Waals surface area contributed by atoms with Gasteiger partial charge >= 0.3 is 0 Å². The van der Waals surface area contributed by atoms with Gasteiger partial charge in [-0.05, 0) is 25.1 Å². The van der Waals surface area contributed by atoms with E-state index in [1.807, 2.05) is 0 Å². The van der Waals surface area contributed by atoms with Crippen molar-refractivity contribution >= 4 is 27.7 Å². The molecule has 0 bridgehead atoms. The van der Waals surface area contributed by atoms with Crippen LogP contribution in [0.1, 0.15) is 17.3 Å². The second-order valence-electron chi connectivity index (χ2n) is 3.26. The molecule has 0 heterocycles. The Morgan fingerprint density at radius 1 is 1.35 bits per heavy atom. The largest absolute Gasteiger partial charge is 0.355 e. The Bertz CT molecular complexity index is 437. The molecular formula is C11H12BrFN2O2. The van der Waals surface area contributed by atoms with Crippen molar-refractivity contribution in [1.82, 2.24) is 10.6 Å². The van der Waals surface area contributed by atoms with Crippen LogP contribution in [0.4, 0.5) is 4.39 Å². The number of hydrogen-bond acceptors (Lipinski definition) is 2. The molecule has 0 aliphatic rings. The summed E-state index contributed by atoms with van der Waals surface area (Å²) in [6.07, 6.45) is 0. The highest BCUT2D eigenvalue weighted by molar-refractivity contribution is 9.10. The first-order chi connectivity index (χ1) is 8.04. The number of halogens is 2. The monoisotopic (exact) mass is 302 g/mol. The van der Waals surface area contributed by atoms with E-state index in [2.05, 4.69) is 26.6 Å². The van der Waals surface area contributed by atoms with Crippen LogP contribution in [0, 0.1) is 5.82 Å². The van der Waals surface area contributed by atoms with Crippen LogP contribution in [0.3, 0.4) is 0 Å². The molecule has 2 amide bonds. The Balaban J connectivity index is 2.61. The van der Waals surface area contributed by atoms with Gasteiger partial charge in [0.15, 0.2) is 0 Å². The van der Waals surface area contributed by atoms with Gasteiger partial charge in [-0.15, -0.1) is 0 Å². The summed E-state index contributed by atoms with van der Waals surface area (Å²) in [5, 5.41) is 4.86. The van der Waals surface area contributed by atoms with Gasteiger partial charge in [0, 0.05) is 11.0 Å². The van der Waals surface area contributed by atoms with Gasteiger partial charge in [0.25, 0.3) is 5.91 Å². The number of carbonyl (C=O) groups excluding carboxylic acids is 2. The third kappa shape index (κ3) is 4.14. The smallest absolute Gasteiger partial charge is 0.254 e. The number of nitrogens with one attached hydrogen (secondary N) is 2. The second-order valence-corrected chi connectivity index (χ2v) is 4.18. The molecule has 1 aromatic rings. The Hall–Kier alpha value is -1.43. The van der Waals surface area contributed by atoms with Crippen LogP contribution in [-0.2, 0) is 4.79 Å². The third-order valence-corrected chi connectivity index (χ3v) is 2.45. The van der Waals surface area contributed by atoms with Gasteiger partial charge in [-0.25, -0.2) is 4.39 Å². The van der Waals surface area contributed by atoms with Crippen molar-refractivity contribution in [2.24, 2.45) is 0 Å². The van der Waals surface area contributed by atoms with Crippen LogP contribution < -0.4 is 10.6 Å². The average molecular weight is 303 g/mol. The molecule has 6 heteroatoms. The Morgan fingerprint density at radius 3 is 2.65 bits per heavy atom. The molecule has 1 rings (SSSR count). The molecule has 0 radical (unpaired) electrons. The van der Waals surface area contributed by atoms with Gasteiger partial charge in [-0.3, -0.25) is 9.59 Å². The van der Waals surface area contributed by atoms with E-state index < -0.39 is 11.7 Å². The Morgan fingerprint density at radius 2 is 2.06 bits per heavy atom. The van der Waals surface area contributed by atoms with Crippen molar-refractivity contribution in [2.75, 3.05) is 13.1 Å². The SMILES string of the molecule is CCNC(=O)CNC(=O)c1ccc(Br)cc1F. The zero-order valence-corrected chi connectivity index (χ0v) is 10.8. The van der Waals surface area contributed by atoms with Crippen LogP contribution in [0.25, 0.3) is 0 Å². The fraction of sp³-hybridized carbons (Fsp3) is 0.273. The summed E-state index contributed by atoms with van der Waals surface area (Å²) in [6.45, 7) is 2.09. The second kappa shape index (κ2) is 6.34. The number of benzene rings is 1. The number of hydrogen-bond donors (Lipinski definition) is 2. The van der Waals surface area contributed by atoms with E-state index in [4.69, 9.17) is 0 Å². The van der Waals surface area contributed by atoms with Crippen molar-refractivity contribution in [1.29, 1.82) is 0 Å². The fourth-order valence-corrected chi connectivity index (χ4v) is 1.52. The lowest BCUT2D eigenvalue weighted by molar-refractivity contribution is -0.120. The summed E-state index contributed by atoms with van der Waals surface area (Å²) in [5.41, 5.74) is -0.0856. The summed E-state index contributed by atoms with van der Waals surface area (Å²) < 4.78 is 13.9. The van der Waals surface area contributed by atoms with Gasteiger partial charge in [-0.2, -0.15) is 0 Å². The summed E-state index contributed by atoms with van der Waals surface area (Å²) in [6, 6.07) is 4.11. The van der Waals surface area contributed by atoms with Gasteiger partial charge in [0.1, 0.15) is 5.82 Å². The quantitative estimate of drug-likeness (QED) is 0.884. The molecule has 0 aromatic heterocycles. The lowest BCUT2D eigenvalue weighted by Crippen LogP contribution is -2.37. The molecule has 4 nitrogen and oxygen atoms in total. The minimum Gasteiger partial charge on any atom is -0.355 e. The van der Waals surface area contributed by atoms with Gasteiger partial charge < -0.3 is 10.6 Å². The first-order valence-electron chi connectivity index (χ1n) is 5.04. The van der Waals surface area contributed by atoms with Crippen molar-refractivity contribution in [3.05, 3.63) is 34.1 Å². The lowest BCUT2D eigenvalue weighted by atomic mass is 10.2. The molecule has 92 valence electrons. The number of amides is 2. The summed E-state index contributed by atoms with van der Waals surface area (Å²) in [7, 11) is 0. The standard InChI is InChI=1S/C11H12BrFN2O2/c1-2-14-10(16)6-15-11(17)8-4-3-7(12)5-9(8)13/h3-5H,2,6H2,1H3,(H,14,16)(H,15,17). The molecule has 0 atom stereocenters. The molecule has 1 aromatic carbocycles. The summed E-state index contributed by atoms with van der Waals surface area (Å²) in [4.78, 5) is 22.6. The van der Waals surface area contributed by atoms with E-state index in [1.54, 1.807) is 13.0 Å². The van der Waals surface area contributed by atoms with Crippen molar-refractivity contribution in [2.45, 2.75) is 6.92 Å². The Kier molecular flexibility index (Phi) is 5.09. The molecule has 2 N–H and O–H groups in total.